The van der Waals surface area contributed by atoms with Crippen molar-refractivity contribution in [1.82, 2.24) is 9.88 Å². The van der Waals surface area contributed by atoms with E-state index in [-0.39, 0.29) is 12.0 Å². The number of carboxylic acid groups (broad SMARTS) is 1. The first-order valence-corrected chi connectivity index (χ1v) is 9.69. The lowest BCUT2D eigenvalue weighted by molar-refractivity contribution is -0.192. The fraction of sp³-hybridized carbons (Fsp3) is 0.409. The number of aryl methyl sites for hydroxylation is 1. The largest absolute Gasteiger partial charge is 0.490 e. The van der Waals surface area contributed by atoms with Crippen LogP contribution in [0.1, 0.15) is 27.9 Å². The molecule has 168 valence electrons. The maximum atomic E-state index is 12.7. The zero-order chi connectivity index (χ0) is 23.0. The van der Waals surface area contributed by atoms with E-state index in [1.165, 1.54) is 11.1 Å². The Bertz CT molecular complexity index is 875. The summed E-state index contributed by atoms with van der Waals surface area (Å²) in [5, 5.41) is 7.12. The molecule has 1 aliphatic rings. The number of piperidine rings is 1. The Hall–Kier alpha value is -2.94. The lowest BCUT2D eigenvalue weighted by Gasteiger charge is -2.38. The van der Waals surface area contributed by atoms with Crippen LogP contribution in [-0.2, 0) is 16.0 Å². The maximum absolute atomic E-state index is 12.7. The minimum Gasteiger partial charge on any atom is -0.475 e. The van der Waals surface area contributed by atoms with Gasteiger partial charge in [0, 0.05) is 44.1 Å². The molecule has 0 bridgehead atoms. The second-order valence-corrected chi connectivity index (χ2v) is 7.31. The molecule has 0 radical (unpaired) electrons. The Morgan fingerprint density at radius 1 is 1.23 bits per heavy atom. The topological polar surface area (TPSA) is 79.7 Å². The van der Waals surface area contributed by atoms with Gasteiger partial charge < -0.3 is 14.7 Å². The predicted octanol–water partition coefficient (Wildman–Crippen LogP) is 3.74. The summed E-state index contributed by atoms with van der Waals surface area (Å²) >= 11 is 0. The van der Waals surface area contributed by atoms with Crippen molar-refractivity contribution in [1.29, 1.82) is 0 Å². The summed E-state index contributed by atoms with van der Waals surface area (Å²) in [6, 6.07) is 12.1. The number of alkyl halides is 3. The Kier molecular flexibility index (Phi) is 8.56. The molecule has 9 heteroatoms. The van der Waals surface area contributed by atoms with Crippen LogP contribution >= 0.6 is 0 Å². The Balaban J connectivity index is 0.000000423. The Morgan fingerprint density at radius 2 is 1.87 bits per heavy atom. The van der Waals surface area contributed by atoms with Crippen LogP contribution in [0.5, 0.6) is 0 Å². The molecule has 1 fully saturated rings. The van der Waals surface area contributed by atoms with Crippen molar-refractivity contribution in [2.45, 2.75) is 32.0 Å². The Morgan fingerprint density at radius 3 is 2.42 bits per heavy atom. The molecule has 1 aliphatic heterocycles. The molecule has 1 aromatic carbocycles. The second-order valence-electron chi connectivity index (χ2n) is 7.31. The molecule has 6 nitrogen and oxygen atoms in total. The summed E-state index contributed by atoms with van der Waals surface area (Å²) in [6.07, 6.45) is 0.259. The van der Waals surface area contributed by atoms with Gasteiger partial charge in [0.15, 0.2) is 0 Å². The number of ether oxygens (including phenoxy) is 1. The van der Waals surface area contributed by atoms with Crippen molar-refractivity contribution < 1.29 is 32.6 Å². The number of likely N-dealkylation sites (tertiary alicyclic amines) is 1. The number of aliphatic carboxylic acids is 1. The molecular formula is C22H25F3N2O4. The average molecular weight is 438 g/mol. The average Bonchev–Trinajstić information content (AvgIpc) is 2.73. The molecule has 1 N–H and O–H groups in total. The maximum Gasteiger partial charge on any atom is 0.490 e. The van der Waals surface area contributed by atoms with Gasteiger partial charge in [0.2, 0.25) is 0 Å². The molecule has 1 saturated heterocycles. The predicted molar refractivity (Wildman–Crippen MR) is 108 cm³/mol. The van der Waals surface area contributed by atoms with Gasteiger partial charge in [-0.1, -0.05) is 29.8 Å². The van der Waals surface area contributed by atoms with Gasteiger partial charge in [-0.05, 0) is 37.5 Å². The molecule has 1 aromatic heterocycles. The van der Waals surface area contributed by atoms with Gasteiger partial charge in [-0.25, -0.2) is 4.79 Å². The molecule has 1 amide bonds. The third kappa shape index (κ3) is 7.36. The van der Waals surface area contributed by atoms with Crippen LogP contribution in [0, 0.1) is 12.8 Å². The fourth-order valence-corrected chi connectivity index (χ4v) is 3.52. The normalized spacial score (nSPS) is 18.7. The highest BCUT2D eigenvalue weighted by molar-refractivity contribution is 5.94. The fourth-order valence-electron chi connectivity index (χ4n) is 3.52. The van der Waals surface area contributed by atoms with Gasteiger partial charge in [0.25, 0.3) is 5.91 Å². The number of aromatic nitrogens is 1. The first-order chi connectivity index (χ1) is 14.6. The molecule has 0 unspecified atom stereocenters. The number of carbonyl (C=O) groups is 2. The zero-order valence-electron chi connectivity index (χ0n) is 17.3. The van der Waals surface area contributed by atoms with E-state index in [1.807, 2.05) is 4.90 Å². The summed E-state index contributed by atoms with van der Waals surface area (Å²) in [7, 11) is 1.77. The molecule has 0 spiro atoms. The van der Waals surface area contributed by atoms with Crippen LogP contribution in [0.3, 0.4) is 0 Å². The number of hydrogen-bond acceptors (Lipinski definition) is 4. The number of halogens is 3. The third-order valence-corrected chi connectivity index (χ3v) is 5.00. The van der Waals surface area contributed by atoms with Crippen molar-refractivity contribution in [3.05, 3.63) is 65.5 Å². The molecule has 3 rings (SSSR count). The highest BCUT2D eigenvalue weighted by atomic mass is 19.4. The molecule has 2 heterocycles. The molecular weight excluding hydrogens is 413 g/mol. The van der Waals surface area contributed by atoms with E-state index in [2.05, 4.69) is 36.2 Å². The van der Waals surface area contributed by atoms with Crippen molar-refractivity contribution in [3.8, 4) is 0 Å². The minimum absolute atomic E-state index is 0.0844. The van der Waals surface area contributed by atoms with E-state index in [4.69, 9.17) is 14.6 Å². The monoisotopic (exact) mass is 438 g/mol. The number of hydrogen-bond donors (Lipinski definition) is 1. The number of nitrogens with zero attached hydrogens (tertiary/aromatic N) is 2. The van der Waals surface area contributed by atoms with E-state index in [0.717, 1.165) is 25.9 Å². The number of rotatable bonds is 4. The molecule has 2 aromatic rings. The number of amides is 1. The van der Waals surface area contributed by atoms with Gasteiger partial charge in [-0.3, -0.25) is 9.78 Å². The smallest absolute Gasteiger partial charge is 0.475 e. The molecule has 0 aliphatic carbocycles. The first-order valence-electron chi connectivity index (χ1n) is 9.69. The van der Waals surface area contributed by atoms with Crippen LogP contribution in [0.2, 0.25) is 0 Å². The summed E-state index contributed by atoms with van der Waals surface area (Å²) in [5.74, 6) is -2.36. The van der Waals surface area contributed by atoms with Gasteiger partial charge in [-0.2, -0.15) is 13.2 Å². The van der Waals surface area contributed by atoms with Crippen molar-refractivity contribution >= 4 is 11.9 Å². The molecule has 31 heavy (non-hydrogen) atoms. The number of pyridine rings is 1. The quantitative estimate of drug-likeness (QED) is 0.787. The minimum atomic E-state index is -5.08. The van der Waals surface area contributed by atoms with E-state index in [0.29, 0.717) is 11.5 Å². The lowest BCUT2D eigenvalue weighted by atomic mass is 9.88. The summed E-state index contributed by atoms with van der Waals surface area (Å²) in [6.45, 7) is 3.58. The number of methoxy groups -OCH3 is 1. The highest BCUT2D eigenvalue weighted by Gasteiger charge is 2.38. The third-order valence-electron chi connectivity index (χ3n) is 5.00. The summed E-state index contributed by atoms with van der Waals surface area (Å²) in [5.41, 5.74) is 3.28. The van der Waals surface area contributed by atoms with Crippen LogP contribution in [0.25, 0.3) is 0 Å². The lowest BCUT2D eigenvalue weighted by Crippen LogP contribution is -2.47. The van der Waals surface area contributed by atoms with Gasteiger partial charge in [0.1, 0.15) is 0 Å². The van der Waals surface area contributed by atoms with Crippen molar-refractivity contribution in [2.24, 2.45) is 5.92 Å². The van der Waals surface area contributed by atoms with Gasteiger partial charge in [0.05, 0.1) is 6.10 Å². The standard InChI is InChI=1S/C20H24N2O2.C2HF3O2/c1-15-4-3-5-16(12-15)13-18-14-22(11-8-19(18)24-2)20(23)17-6-9-21-10-7-17;3-2(4,5)1(6)7/h3-7,9-10,12,18-19H,8,11,13-14H2,1-2H3;(H,6,7)/t18-,19+;/m0./s1. The van der Waals surface area contributed by atoms with Crippen LogP contribution in [0.4, 0.5) is 13.2 Å². The van der Waals surface area contributed by atoms with Crippen molar-refractivity contribution in [3.63, 3.8) is 0 Å². The van der Waals surface area contributed by atoms with Crippen LogP contribution < -0.4 is 0 Å². The van der Waals surface area contributed by atoms with Gasteiger partial charge >= 0.3 is 12.1 Å². The second kappa shape index (κ2) is 10.9. The number of carboxylic acids is 1. The van der Waals surface area contributed by atoms with Crippen molar-refractivity contribution in [2.75, 3.05) is 20.2 Å². The number of carbonyl (C=O) groups excluding carboxylic acids is 1. The number of benzene rings is 1. The summed E-state index contributed by atoms with van der Waals surface area (Å²) in [4.78, 5) is 27.5. The van der Waals surface area contributed by atoms with Crippen LogP contribution in [-0.4, -0.2) is 59.3 Å². The Labute approximate surface area is 178 Å². The van der Waals surface area contributed by atoms with Gasteiger partial charge in [-0.15, -0.1) is 0 Å². The molecule has 0 saturated carbocycles. The summed E-state index contributed by atoms with van der Waals surface area (Å²) < 4.78 is 37.4. The highest BCUT2D eigenvalue weighted by Crippen LogP contribution is 2.25. The van der Waals surface area contributed by atoms with Crippen LogP contribution in [0.15, 0.2) is 48.8 Å². The first kappa shape index (κ1) is 24.3. The zero-order valence-corrected chi connectivity index (χ0v) is 17.3. The van der Waals surface area contributed by atoms with E-state index < -0.39 is 12.1 Å². The molecule has 2 atom stereocenters. The van der Waals surface area contributed by atoms with E-state index in [9.17, 15) is 18.0 Å². The van der Waals surface area contributed by atoms with E-state index >= 15 is 0 Å². The SMILES string of the molecule is CO[C@@H]1CCN(C(=O)c2ccncc2)C[C@@H]1Cc1cccc(C)c1.O=C(O)C(F)(F)F. The van der Waals surface area contributed by atoms with E-state index in [1.54, 1.807) is 31.6 Å².